The third-order valence-corrected chi connectivity index (χ3v) is 3.65. The van der Waals surface area contributed by atoms with Gasteiger partial charge in [0.1, 0.15) is 5.82 Å². The lowest BCUT2D eigenvalue weighted by Gasteiger charge is -2.08. The minimum Gasteiger partial charge on any atom is -0.307 e. The molecule has 0 spiro atoms. The Labute approximate surface area is 107 Å². The van der Waals surface area contributed by atoms with Crippen LogP contribution in [-0.2, 0) is 0 Å². The first kappa shape index (κ1) is 11.4. The molecule has 0 radical (unpaired) electrons. The van der Waals surface area contributed by atoms with E-state index in [1.807, 2.05) is 25.5 Å². The van der Waals surface area contributed by atoms with Crippen molar-refractivity contribution in [1.82, 2.24) is 19.7 Å². The predicted octanol–water partition coefficient (Wildman–Crippen LogP) is 2.58. The Morgan fingerprint density at radius 2 is 2.44 bits per heavy atom. The molecule has 0 saturated carbocycles. The van der Waals surface area contributed by atoms with E-state index >= 15 is 0 Å². The van der Waals surface area contributed by atoms with Gasteiger partial charge in [0.05, 0.1) is 23.4 Å². The van der Waals surface area contributed by atoms with E-state index < -0.39 is 0 Å². The maximum Gasteiger partial charge on any atom is 0.131 e. The van der Waals surface area contributed by atoms with Gasteiger partial charge in [-0.25, -0.2) is 4.98 Å². The fourth-order valence-electron chi connectivity index (χ4n) is 2.54. The van der Waals surface area contributed by atoms with Crippen molar-refractivity contribution in [2.75, 3.05) is 6.54 Å². The van der Waals surface area contributed by atoms with E-state index in [2.05, 4.69) is 27.7 Å². The Balaban J connectivity index is 2.20. The van der Waals surface area contributed by atoms with Gasteiger partial charge in [0, 0.05) is 12.4 Å². The van der Waals surface area contributed by atoms with E-state index in [9.17, 15) is 0 Å². The van der Waals surface area contributed by atoms with Gasteiger partial charge in [0.2, 0.25) is 0 Å². The second-order valence-corrected chi connectivity index (χ2v) is 4.77. The Morgan fingerprint density at radius 3 is 3.17 bits per heavy atom. The molecule has 4 nitrogen and oxygen atoms in total. The summed E-state index contributed by atoms with van der Waals surface area (Å²) in [6, 6.07) is 0.373. The molecule has 1 aliphatic heterocycles. The van der Waals surface area contributed by atoms with Crippen LogP contribution < -0.4 is 5.32 Å². The highest BCUT2D eigenvalue weighted by molar-refractivity contribution is 5.74. The van der Waals surface area contributed by atoms with Gasteiger partial charge in [0.25, 0.3) is 0 Å². The Hall–Kier alpha value is -1.68. The van der Waals surface area contributed by atoms with Gasteiger partial charge in [-0.2, -0.15) is 0 Å². The first-order valence-corrected chi connectivity index (χ1v) is 6.50. The second-order valence-electron chi connectivity index (χ2n) is 4.77. The van der Waals surface area contributed by atoms with Crippen LogP contribution in [0.15, 0.2) is 24.7 Å². The van der Waals surface area contributed by atoms with Crippen molar-refractivity contribution in [1.29, 1.82) is 0 Å². The number of hydrogen-bond acceptors (Lipinski definition) is 3. The smallest absolute Gasteiger partial charge is 0.131 e. The lowest BCUT2D eigenvalue weighted by molar-refractivity contribution is 0.602. The van der Waals surface area contributed by atoms with Crippen LogP contribution in [0.5, 0.6) is 0 Å². The average Bonchev–Trinajstić information content (AvgIpc) is 3.04. The fraction of sp³-hybridized carbons (Fsp3) is 0.429. The molecule has 2 aromatic rings. The van der Waals surface area contributed by atoms with Crippen LogP contribution in [0.1, 0.15) is 44.2 Å². The first-order valence-electron chi connectivity index (χ1n) is 6.50. The Bertz CT molecular complexity index is 591. The quantitative estimate of drug-likeness (QED) is 0.880. The molecule has 1 fully saturated rings. The number of hydrogen-bond donors (Lipinski definition) is 1. The third kappa shape index (κ3) is 1.73. The minimum atomic E-state index is 0.373. The van der Waals surface area contributed by atoms with Crippen molar-refractivity contribution >= 4 is 11.1 Å². The molecule has 18 heavy (non-hydrogen) atoms. The predicted molar refractivity (Wildman–Crippen MR) is 72.3 cm³/mol. The lowest BCUT2D eigenvalue weighted by atomic mass is 10.2. The number of fused-ring (bicyclic) bond motifs is 1. The largest absolute Gasteiger partial charge is 0.307 e. The van der Waals surface area contributed by atoms with Crippen molar-refractivity contribution in [2.24, 2.45) is 0 Å². The van der Waals surface area contributed by atoms with E-state index in [-0.39, 0.29) is 0 Å². The molecule has 1 unspecified atom stereocenters. The van der Waals surface area contributed by atoms with Crippen LogP contribution in [0, 0.1) is 0 Å². The van der Waals surface area contributed by atoms with Gasteiger partial charge in [-0.05, 0) is 38.8 Å². The molecular formula is C14H18N4. The van der Waals surface area contributed by atoms with Gasteiger partial charge < -0.3 is 5.32 Å². The summed E-state index contributed by atoms with van der Waals surface area (Å²) in [4.78, 5) is 9.06. The van der Waals surface area contributed by atoms with Crippen molar-refractivity contribution in [2.45, 2.75) is 32.7 Å². The highest BCUT2D eigenvalue weighted by Gasteiger charge is 2.22. The van der Waals surface area contributed by atoms with Crippen LogP contribution in [0.25, 0.3) is 11.1 Å². The number of allylic oxidation sites excluding steroid dienone is 2. The average molecular weight is 242 g/mol. The van der Waals surface area contributed by atoms with Crippen LogP contribution in [0.3, 0.4) is 0 Å². The topological polar surface area (TPSA) is 42.2 Å². The number of nitrogens with one attached hydrogen (secondary N) is 1. The molecule has 1 N–H and O–H groups in total. The first-order chi connectivity index (χ1) is 8.81. The Kier molecular flexibility index (Phi) is 2.88. The summed E-state index contributed by atoms with van der Waals surface area (Å²) < 4.78 is 2.16. The molecule has 4 heteroatoms. The molecule has 2 aromatic heterocycles. The zero-order valence-electron chi connectivity index (χ0n) is 10.8. The van der Waals surface area contributed by atoms with Crippen LogP contribution >= 0.6 is 0 Å². The molecule has 3 heterocycles. The van der Waals surface area contributed by atoms with E-state index in [1.54, 1.807) is 0 Å². The summed E-state index contributed by atoms with van der Waals surface area (Å²) >= 11 is 0. The molecule has 94 valence electrons. The zero-order valence-corrected chi connectivity index (χ0v) is 10.8. The molecule has 3 rings (SSSR count). The number of rotatable bonds is 2. The van der Waals surface area contributed by atoms with Gasteiger partial charge in [-0.15, -0.1) is 0 Å². The highest BCUT2D eigenvalue weighted by atomic mass is 15.1. The van der Waals surface area contributed by atoms with Crippen molar-refractivity contribution < 1.29 is 0 Å². The Morgan fingerprint density at radius 1 is 1.56 bits per heavy atom. The minimum absolute atomic E-state index is 0.373. The van der Waals surface area contributed by atoms with Crippen LogP contribution in [-0.4, -0.2) is 20.9 Å². The molecule has 1 atom stereocenters. The van der Waals surface area contributed by atoms with Gasteiger partial charge in [-0.1, -0.05) is 6.08 Å². The highest BCUT2D eigenvalue weighted by Crippen LogP contribution is 2.27. The second kappa shape index (κ2) is 4.53. The van der Waals surface area contributed by atoms with E-state index in [4.69, 9.17) is 4.98 Å². The number of nitrogens with zero attached hydrogens (tertiary/aromatic N) is 3. The molecule has 0 amide bonds. The third-order valence-electron chi connectivity index (χ3n) is 3.65. The van der Waals surface area contributed by atoms with Gasteiger partial charge in [0.15, 0.2) is 0 Å². The van der Waals surface area contributed by atoms with E-state index in [0.29, 0.717) is 6.04 Å². The van der Waals surface area contributed by atoms with Crippen molar-refractivity contribution in [3.8, 4) is 0 Å². The summed E-state index contributed by atoms with van der Waals surface area (Å²) in [5.74, 6) is 1.11. The standard InChI is InChI=1S/C14H18N4/c1-3-10(2)13-12-9-15-7-8-18(12)14(17-13)11-5-4-6-16-11/h3,7-9,11,16H,4-6H2,1-2H3/b10-3+. The van der Waals surface area contributed by atoms with Crippen molar-refractivity contribution in [3.05, 3.63) is 36.2 Å². The fourth-order valence-corrected chi connectivity index (χ4v) is 2.54. The normalized spacial score (nSPS) is 20.8. The van der Waals surface area contributed by atoms with Crippen LogP contribution in [0.2, 0.25) is 0 Å². The van der Waals surface area contributed by atoms with Crippen LogP contribution in [0.4, 0.5) is 0 Å². The molecule has 0 aliphatic carbocycles. The number of aromatic nitrogens is 3. The molecule has 1 aliphatic rings. The summed E-state index contributed by atoms with van der Waals surface area (Å²) in [6.45, 7) is 5.23. The summed E-state index contributed by atoms with van der Waals surface area (Å²) in [5, 5.41) is 3.51. The van der Waals surface area contributed by atoms with E-state index in [1.165, 1.54) is 12.0 Å². The summed E-state index contributed by atoms with van der Waals surface area (Å²) in [6.07, 6.45) is 10.2. The SMILES string of the molecule is C/C=C(\C)c1nc(C2CCCN2)n2ccncc12. The maximum absolute atomic E-state index is 4.83. The monoisotopic (exact) mass is 242 g/mol. The molecule has 0 bridgehead atoms. The molecule has 1 saturated heterocycles. The van der Waals surface area contributed by atoms with Gasteiger partial charge in [-0.3, -0.25) is 9.38 Å². The lowest BCUT2D eigenvalue weighted by Crippen LogP contribution is -2.15. The molecule has 0 aromatic carbocycles. The summed E-state index contributed by atoms with van der Waals surface area (Å²) in [5.41, 5.74) is 3.34. The van der Waals surface area contributed by atoms with E-state index in [0.717, 1.165) is 30.0 Å². The zero-order chi connectivity index (χ0) is 12.5. The van der Waals surface area contributed by atoms with Crippen molar-refractivity contribution in [3.63, 3.8) is 0 Å². The molecular weight excluding hydrogens is 224 g/mol. The van der Waals surface area contributed by atoms with Gasteiger partial charge >= 0.3 is 0 Å². The maximum atomic E-state index is 4.83. The number of imidazole rings is 1. The summed E-state index contributed by atoms with van der Waals surface area (Å²) in [7, 11) is 0.